The number of pyridine rings is 1. The summed E-state index contributed by atoms with van der Waals surface area (Å²) in [6.45, 7) is -1.30. The van der Waals surface area contributed by atoms with Crippen LogP contribution in [-0.2, 0) is 5.92 Å². The third-order valence-corrected chi connectivity index (χ3v) is 2.07. The van der Waals surface area contributed by atoms with Gasteiger partial charge in [-0.25, -0.2) is 0 Å². The van der Waals surface area contributed by atoms with Gasteiger partial charge in [0.25, 0.3) is 0 Å². The minimum atomic E-state index is -3.39. The van der Waals surface area contributed by atoms with Crippen LogP contribution >= 0.6 is 27.5 Å². The fourth-order valence-electron chi connectivity index (χ4n) is 0.759. The van der Waals surface area contributed by atoms with Gasteiger partial charge in [-0.3, -0.25) is 4.98 Å². The third kappa shape index (κ3) is 2.36. The summed E-state index contributed by atoms with van der Waals surface area (Å²) in [5.41, 5.74) is -0.611. The molecule has 0 aliphatic heterocycles. The fraction of sp³-hybridized carbons (Fsp3) is 0.286. The third-order valence-electron chi connectivity index (χ3n) is 1.35. The van der Waals surface area contributed by atoms with Crippen LogP contribution in [0.2, 0.25) is 5.02 Å². The van der Waals surface area contributed by atoms with Gasteiger partial charge in [-0.15, -0.1) is 0 Å². The zero-order chi connectivity index (χ0) is 10.1. The SMILES string of the molecule is OCC(F)(F)c1ncc(Br)cc1Cl. The Morgan fingerprint density at radius 3 is 2.69 bits per heavy atom. The minimum absolute atomic E-state index is 0.173. The highest BCUT2D eigenvalue weighted by Gasteiger charge is 2.34. The Balaban J connectivity index is 3.16. The van der Waals surface area contributed by atoms with Crippen molar-refractivity contribution in [2.45, 2.75) is 5.92 Å². The monoisotopic (exact) mass is 271 g/mol. The highest BCUT2D eigenvalue weighted by molar-refractivity contribution is 9.10. The molecule has 0 aliphatic rings. The quantitative estimate of drug-likeness (QED) is 0.897. The lowest BCUT2D eigenvalue weighted by Gasteiger charge is -2.13. The van der Waals surface area contributed by atoms with Crippen molar-refractivity contribution in [2.75, 3.05) is 6.61 Å². The van der Waals surface area contributed by atoms with E-state index >= 15 is 0 Å². The molecule has 0 spiro atoms. The van der Waals surface area contributed by atoms with Crippen molar-refractivity contribution >= 4 is 27.5 Å². The predicted octanol–water partition coefficient (Wildman–Crippen LogP) is 2.58. The van der Waals surface area contributed by atoms with Crippen molar-refractivity contribution in [1.29, 1.82) is 0 Å². The first-order valence-corrected chi connectivity index (χ1v) is 4.44. The Labute approximate surface area is 86.7 Å². The summed E-state index contributed by atoms with van der Waals surface area (Å²) in [6.07, 6.45) is 1.20. The fourth-order valence-corrected chi connectivity index (χ4v) is 1.53. The van der Waals surface area contributed by atoms with Crippen molar-refractivity contribution < 1.29 is 13.9 Å². The molecular formula is C7H5BrClF2NO. The predicted molar refractivity (Wildman–Crippen MR) is 47.9 cm³/mol. The highest BCUT2D eigenvalue weighted by Crippen LogP contribution is 2.32. The molecule has 0 unspecified atom stereocenters. The molecule has 1 aromatic rings. The van der Waals surface area contributed by atoms with E-state index in [0.717, 1.165) is 0 Å². The molecule has 0 bridgehead atoms. The first kappa shape index (κ1) is 10.8. The van der Waals surface area contributed by atoms with E-state index in [1.54, 1.807) is 0 Å². The van der Waals surface area contributed by atoms with Crippen molar-refractivity contribution in [3.05, 3.63) is 27.5 Å². The van der Waals surface area contributed by atoms with E-state index in [1.165, 1.54) is 12.3 Å². The van der Waals surface area contributed by atoms with Gasteiger partial charge in [-0.1, -0.05) is 11.6 Å². The van der Waals surface area contributed by atoms with Crippen LogP contribution in [-0.4, -0.2) is 16.7 Å². The normalized spacial score (nSPS) is 11.8. The summed E-state index contributed by atoms with van der Waals surface area (Å²) in [5.74, 6) is -3.39. The lowest BCUT2D eigenvalue weighted by atomic mass is 10.2. The van der Waals surface area contributed by atoms with Gasteiger partial charge in [0.2, 0.25) is 0 Å². The zero-order valence-corrected chi connectivity index (χ0v) is 8.61. The Morgan fingerprint density at radius 2 is 2.23 bits per heavy atom. The number of hydrogen-bond acceptors (Lipinski definition) is 2. The van der Waals surface area contributed by atoms with Gasteiger partial charge in [0.05, 0.1) is 5.02 Å². The molecule has 1 N–H and O–H groups in total. The number of aromatic nitrogens is 1. The maximum absolute atomic E-state index is 12.9. The molecule has 0 fully saturated rings. The maximum atomic E-state index is 12.9. The van der Waals surface area contributed by atoms with Crippen LogP contribution < -0.4 is 0 Å². The van der Waals surface area contributed by atoms with Crippen LogP contribution in [0.5, 0.6) is 0 Å². The van der Waals surface area contributed by atoms with Gasteiger partial charge in [0.15, 0.2) is 0 Å². The molecular weight excluding hydrogens is 267 g/mol. The van der Waals surface area contributed by atoms with Crippen LogP contribution in [0.25, 0.3) is 0 Å². The number of nitrogens with zero attached hydrogens (tertiary/aromatic N) is 1. The largest absolute Gasteiger partial charge is 0.390 e. The van der Waals surface area contributed by atoms with Gasteiger partial charge in [0.1, 0.15) is 12.3 Å². The molecule has 1 aromatic heterocycles. The first-order valence-electron chi connectivity index (χ1n) is 3.27. The van der Waals surface area contributed by atoms with Gasteiger partial charge in [-0.2, -0.15) is 8.78 Å². The van der Waals surface area contributed by atoms with E-state index in [1.807, 2.05) is 0 Å². The second-order valence-corrected chi connectivity index (χ2v) is 3.67. The average Bonchev–Trinajstić information content (AvgIpc) is 2.03. The van der Waals surface area contributed by atoms with Crippen molar-refractivity contribution in [3.8, 4) is 0 Å². The van der Waals surface area contributed by atoms with Gasteiger partial charge in [-0.05, 0) is 22.0 Å². The van der Waals surface area contributed by atoms with E-state index in [9.17, 15) is 8.78 Å². The summed E-state index contributed by atoms with van der Waals surface area (Å²) in [4.78, 5) is 3.43. The van der Waals surface area contributed by atoms with Crippen LogP contribution in [0, 0.1) is 0 Å². The van der Waals surface area contributed by atoms with Crippen LogP contribution in [0.1, 0.15) is 5.69 Å². The molecule has 0 atom stereocenters. The van der Waals surface area contributed by atoms with Crippen LogP contribution in [0.4, 0.5) is 8.78 Å². The maximum Gasteiger partial charge on any atom is 0.313 e. The minimum Gasteiger partial charge on any atom is -0.390 e. The number of aliphatic hydroxyl groups excluding tert-OH is 1. The Kier molecular flexibility index (Phi) is 3.21. The highest BCUT2D eigenvalue weighted by atomic mass is 79.9. The Morgan fingerprint density at radius 1 is 1.62 bits per heavy atom. The van der Waals surface area contributed by atoms with Crippen molar-refractivity contribution in [2.24, 2.45) is 0 Å². The lowest BCUT2D eigenvalue weighted by molar-refractivity contribution is -0.0591. The number of rotatable bonds is 2. The molecule has 72 valence electrons. The first-order chi connectivity index (χ1) is 5.97. The van der Waals surface area contributed by atoms with E-state index in [0.29, 0.717) is 4.47 Å². The molecule has 0 radical (unpaired) electrons. The molecule has 2 nitrogen and oxygen atoms in total. The molecule has 1 heterocycles. The van der Waals surface area contributed by atoms with Crippen molar-refractivity contribution in [3.63, 3.8) is 0 Å². The van der Waals surface area contributed by atoms with Gasteiger partial charge in [0, 0.05) is 10.7 Å². The van der Waals surface area contributed by atoms with Crippen molar-refractivity contribution in [1.82, 2.24) is 4.98 Å². The smallest absolute Gasteiger partial charge is 0.313 e. The summed E-state index contributed by atoms with van der Waals surface area (Å²) < 4.78 is 26.2. The standard InChI is InChI=1S/C7H5BrClF2NO/c8-4-1-5(9)6(12-2-4)7(10,11)3-13/h1-2,13H,3H2. The summed E-state index contributed by atoms with van der Waals surface area (Å²) in [5, 5.41) is 8.21. The zero-order valence-electron chi connectivity index (χ0n) is 6.27. The topological polar surface area (TPSA) is 33.1 Å². The summed E-state index contributed by atoms with van der Waals surface area (Å²) >= 11 is 8.54. The van der Waals surface area contributed by atoms with E-state index < -0.39 is 18.2 Å². The Bertz CT molecular complexity index is 321. The average molecular weight is 272 g/mol. The second-order valence-electron chi connectivity index (χ2n) is 2.35. The van der Waals surface area contributed by atoms with Crippen LogP contribution in [0.3, 0.4) is 0 Å². The molecule has 0 saturated heterocycles. The molecule has 0 aromatic carbocycles. The summed E-state index contributed by atoms with van der Waals surface area (Å²) in [7, 11) is 0. The van der Waals surface area contributed by atoms with E-state index in [4.69, 9.17) is 16.7 Å². The van der Waals surface area contributed by atoms with Gasteiger partial charge >= 0.3 is 5.92 Å². The summed E-state index contributed by atoms with van der Waals surface area (Å²) in [6, 6.07) is 1.30. The van der Waals surface area contributed by atoms with Gasteiger partial charge < -0.3 is 5.11 Å². The molecule has 6 heteroatoms. The molecule has 0 amide bonds. The van der Waals surface area contributed by atoms with Crippen LogP contribution in [0.15, 0.2) is 16.7 Å². The number of alkyl halides is 2. The van der Waals surface area contributed by atoms with E-state index in [2.05, 4.69) is 20.9 Å². The molecule has 0 saturated carbocycles. The lowest BCUT2D eigenvalue weighted by Crippen LogP contribution is -2.20. The van der Waals surface area contributed by atoms with E-state index in [-0.39, 0.29) is 5.02 Å². The number of hydrogen-bond donors (Lipinski definition) is 1. The molecule has 13 heavy (non-hydrogen) atoms. The number of aliphatic hydroxyl groups is 1. The number of halogens is 4. The molecule has 0 aliphatic carbocycles. The molecule has 1 rings (SSSR count). The Hall–Kier alpha value is -0.260. The second kappa shape index (κ2) is 3.86.